The maximum atomic E-state index is 4.37. The van der Waals surface area contributed by atoms with E-state index in [9.17, 15) is 0 Å². The zero-order chi connectivity index (χ0) is 13.0. The first-order chi connectivity index (χ1) is 8.66. The first-order valence-corrected chi connectivity index (χ1v) is 6.46. The van der Waals surface area contributed by atoms with Gasteiger partial charge in [0, 0.05) is 18.9 Å². The molecule has 0 fully saturated rings. The van der Waals surface area contributed by atoms with Gasteiger partial charge in [0.25, 0.3) is 0 Å². The van der Waals surface area contributed by atoms with Crippen LogP contribution in [0.15, 0.2) is 36.7 Å². The van der Waals surface area contributed by atoms with E-state index in [-0.39, 0.29) is 0 Å². The number of nitrogens with zero attached hydrogens (tertiary/aromatic N) is 2. The topological polar surface area (TPSA) is 29.9 Å². The highest BCUT2D eigenvalue weighted by Gasteiger charge is 2.05. The molecule has 0 aliphatic carbocycles. The van der Waals surface area contributed by atoms with Crippen LogP contribution in [0.25, 0.3) is 0 Å². The second-order valence-corrected chi connectivity index (χ2v) is 5.08. The van der Waals surface area contributed by atoms with Crippen molar-refractivity contribution in [2.75, 3.05) is 11.9 Å². The monoisotopic (exact) mass is 243 g/mol. The smallest absolute Gasteiger partial charge is 0.203 e. The molecular formula is C15H21N3. The molecule has 1 aromatic heterocycles. The van der Waals surface area contributed by atoms with Crippen molar-refractivity contribution in [3.63, 3.8) is 0 Å². The van der Waals surface area contributed by atoms with Crippen LogP contribution >= 0.6 is 0 Å². The van der Waals surface area contributed by atoms with Gasteiger partial charge in [-0.15, -0.1) is 0 Å². The molecule has 0 atom stereocenters. The lowest BCUT2D eigenvalue weighted by Crippen LogP contribution is -2.13. The number of anilines is 1. The fourth-order valence-electron chi connectivity index (χ4n) is 1.87. The van der Waals surface area contributed by atoms with Gasteiger partial charge in [-0.2, -0.15) is 0 Å². The van der Waals surface area contributed by atoms with Gasteiger partial charge in [0.1, 0.15) is 0 Å². The van der Waals surface area contributed by atoms with E-state index >= 15 is 0 Å². The van der Waals surface area contributed by atoms with E-state index in [0.29, 0.717) is 5.92 Å². The molecule has 3 nitrogen and oxygen atoms in total. The number of rotatable bonds is 5. The third-order valence-electron chi connectivity index (χ3n) is 2.99. The normalized spacial score (nSPS) is 10.9. The average Bonchev–Trinajstić information content (AvgIpc) is 2.77. The van der Waals surface area contributed by atoms with Crippen molar-refractivity contribution in [3.8, 4) is 0 Å². The van der Waals surface area contributed by atoms with Crippen molar-refractivity contribution in [1.82, 2.24) is 9.55 Å². The Morgan fingerprint density at radius 1 is 1.28 bits per heavy atom. The van der Waals surface area contributed by atoms with Crippen molar-refractivity contribution < 1.29 is 0 Å². The van der Waals surface area contributed by atoms with Crippen molar-refractivity contribution in [2.24, 2.45) is 5.92 Å². The van der Waals surface area contributed by atoms with Crippen LogP contribution < -0.4 is 5.32 Å². The van der Waals surface area contributed by atoms with E-state index in [0.717, 1.165) is 19.0 Å². The molecule has 0 bridgehead atoms. The molecule has 1 N–H and O–H groups in total. The Morgan fingerprint density at radius 2 is 2.06 bits per heavy atom. The predicted octanol–water partition coefficient (Wildman–Crippen LogP) is 3.31. The van der Waals surface area contributed by atoms with Gasteiger partial charge in [0.05, 0.1) is 6.54 Å². The molecule has 0 saturated heterocycles. The summed E-state index contributed by atoms with van der Waals surface area (Å²) < 4.78 is 2.16. The van der Waals surface area contributed by atoms with E-state index < -0.39 is 0 Å². The van der Waals surface area contributed by atoms with E-state index in [4.69, 9.17) is 0 Å². The van der Waals surface area contributed by atoms with Gasteiger partial charge in [-0.1, -0.05) is 38.1 Å². The molecule has 18 heavy (non-hydrogen) atoms. The van der Waals surface area contributed by atoms with Crippen LogP contribution in [-0.2, 0) is 6.54 Å². The minimum atomic E-state index is 0.619. The van der Waals surface area contributed by atoms with E-state index in [1.807, 2.05) is 12.4 Å². The van der Waals surface area contributed by atoms with Gasteiger partial charge < -0.3 is 9.88 Å². The summed E-state index contributed by atoms with van der Waals surface area (Å²) in [7, 11) is 0. The van der Waals surface area contributed by atoms with E-state index in [2.05, 4.69) is 59.9 Å². The number of aromatic nitrogens is 2. The molecule has 2 rings (SSSR count). The third kappa shape index (κ3) is 3.13. The maximum absolute atomic E-state index is 4.37. The van der Waals surface area contributed by atoms with Gasteiger partial charge in [-0.05, 0) is 24.0 Å². The molecule has 0 aliphatic rings. The summed E-state index contributed by atoms with van der Waals surface area (Å²) in [5, 5.41) is 3.38. The summed E-state index contributed by atoms with van der Waals surface area (Å²) >= 11 is 0. The zero-order valence-corrected chi connectivity index (χ0v) is 11.4. The average molecular weight is 243 g/mol. The molecule has 0 aliphatic heterocycles. The lowest BCUT2D eigenvalue weighted by molar-refractivity contribution is 0.676. The highest BCUT2D eigenvalue weighted by atomic mass is 15.2. The molecule has 1 aromatic carbocycles. The summed E-state index contributed by atoms with van der Waals surface area (Å²) in [6.07, 6.45) is 3.87. The Morgan fingerprint density at radius 3 is 2.78 bits per heavy atom. The predicted molar refractivity (Wildman–Crippen MR) is 75.8 cm³/mol. The zero-order valence-electron chi connectivity index (χ0n) is 11.4. The Hall–Kier alpha value is -1.77. The van der Waals surface area contributed by atoms with Gasteiger partial charge in [0.15, 0.2) is 0 Å². The first kappa shape index (κ1) is 12.7. The number of aryl methyl sites for hydroxylation is 1. The number of hydrogen-bond donors (Lipinski definition) is 1. The summed E-state index contributed by atoms with van der Waals surface area (Å²) in [5.41, 5.74) is 2.66. The molecule has 2 aromatic rings. The molecule has 0 radical (unpaired) electrons. The van der Waals surface area contributed by atoms with Crippen LogP contribution in [0.1, 0.15) is 25.0 Å². The molecule has 0 unspecified atom stereocenters. The van der Waals surface area contributed by atoms with Gasteiger partial charge in [0.2, 0.25) is 5.95 Å². The molecule has 3 heteroatoms. The summed E-state index contributed by atoms with van der Waals surface area (Å²) in [6, 6.07) is 8.47. The third-order valence-corrected chi connectivity index (χ3v) is 2.99. The fourth-order valence-corrected chi connectivity index (χ4v) is 1.87. The van der Waals surface area contributed by atoms with Crippen molar-refractivity contribution in [2.45, 2.75) is 27.3 Å². The first-order valence-electron chi connectivity index (χ1n) is 6.46. The van der Waals surface area contributed by atoms with E-state index in [1.165, 1.54) is 11.1 Å². The standard InChI is InChI=1S/C15H21N3/c1-12(2)10-17-15-16-8-9-18(15)11-14-7-5-4-6-13(14)3/h4-9,12H,10-11H2,1-3H3,(H,16,17). The van der Waals surface area contributed by atoms with Gasteiger partial charge >= 0.3 is 0 Å². The van der Waals surface area contributed by atoms with Crippen LogP contribution in [0, 0.1) is 12.8 Å². The Balaban J connectivity index is 2.10. The number of imidazole rings is 1. The molecule has 0 spiro atoms. The minimum absolute atomic E-state index is 0.619. The lowest BCUT2D eigenvalue weighted by Gasteiger charge is -2.12. The summed E-state index contributed by atoms with van der Waals surface area (Å²) in [6.45, 7) is 8.36. The molecule has 1 heterocycles. The lowest BCUT2D eigenvalue weighted by atomic mass is 10.1. The van der Waals surface area contributed by atoms with Crippen molar-refractivity contribution >= 4 is 5.95 Å². The van der Waals surface area contributed by atoms with Crippen LogP contribution in [0.5, 0.6) is 0 Å². The van der Waals surface area contributed by atoms with E-state index in [1.54, 1.807) is 0 Å². The number of nitrogens with one attached hydrogen (secondary N) is 1. The quantitative estimate of drug-likeness (QED) is 0.873. The minimum Gasteiger partial charge on any atom is -0.355 e. The summed E-state index contributed by atoms with van der Waals surface area (Å²) in [5.74, 6) is 1.57. The summed E-state index contributed by atoms with van der Waals surface area (Å²) in [4.78, 5) is 4.37. The highest BCUT2D eigenvalue weighted by molar-refractivity contribution is 5.31. The van der Waals surface area contributed by atoms with Crippen molar-refractivity contribution in [1.29, 1.82) is 0 Å². The molecule has 96 valence electrons. The molecule has 0 saturated carbocycles. The van der Waals surface area contributed by atoms with Crippen LogP contribution in [0.3, 0.4) is 0 Å². The Labute approximate surface area is 109 Å². The molecule has 0 amide bonds. The highest BCUT2D eigenvalue weighted by Crippen LogP contribution is 2.13. The van der Waals surface area contributed by atoms with Crippen LogP contribution in [-0.4, -0.2) is 16.1 Å². The maximum Gasteiger partial charge on any atom is 0.203 e. The van der Waals surface area contributed by atoms with Gasteiger partial charge in [-0.3, -0.25) is 0 Å². The molecular weight excluding hydrogens is 222 g/mol. The Bertz CT molecular complexity index is 500. The fraction of sp³-hybridized carbons (Fsp3) is 0.400. The second-order valence-electron chi connectivity index (χ2n) is 5.08. The number of benzene rings is 1. The van der Waals surface area contributed by atoms with Gasteiger partial charge in [-0.25, -0.2) is 4.98 Å². The van der Waals surface area contributed by atoms with Crippen molar-refractivity contribution in [3.05, 3.63) is 47.8 Å². The van der Waals surface area contributed by atoms with Crippen LogP contribution in [0.4, 0.5) is 5.95 Å². The Kier molecular flexibility index (Phi) is 4.03. The van der Waals surface area contributed by atoms with Crippen LogP contribution in [0.2, 0.25) is 0 Å². The second kappa shape index (κ2) is 5.71. The largest absolute Gasteiger partial charge is 0.355 e. The SMILES string of the molecule is Cc1ccccc1Cn1ccnc1NCC(C)C. The number of hydrogen-bond acceptors (Lipinski definition) is 2.